The lowest BCUT2D eigenvalue weighted by molar-refractivity contribution is -0.185. The highest BCUT2D eigenvalue weighted by molar-refractivity contribution is 7.86. The summed E-state index contributed by atoms with van der Waals surface area (Å²) in [6.07, 6.45) is -3.55. The zero-order valence-electron chi connectivity index (χ0n) is 35.0. The molecule has 0 aliphatic carbocycles. The number of hydrogen-bond acceptors (Lipinski definition) is 9. The molecular weight excluding hydrogens is 803 g/mol. The van der Waals surface area contributed by atoms with Crippen molar-refractivity contribution in [3.63, 3.8) is 0 Å². The van der Waals surface area contributed by atoms with Crippen LogP contribution in [0.5, 0.6) is 5.75 Å². The van der Waals surface area contributed by atoms with Crippen molar-refractivity contribution < 1.29 is 41.1 Å². The van der Waals surface area contributed by atoms with Gasteiger partial charge in [-0.1, -0.05) is 151 Å². The van der Waals surface area contributed by atoms with Crippen LogP contribution in [0, 0.1) is 6.92 Å². The predicted molar refractivity (Wildman–Crippen MR) is 236 cm³/mol. The minimum Gasteiger partial charge on any atom is -0.497 e. The highest BCUT2D eigenvalue weighted by Crippen LogP contribution is 2.34. The molecule has 0 bridgehead atoms. The number of amides is 1. The Hall–Kier alpha value is -5.66. The van der Waals surface area contributed by atoms with Crippen molar-refractivity contribution in [3.8, 4) is 5.75 Å². The molecule has 0 saturated carbocycles. The normalized spacial score (nSPS) is 16.8. The van der Waals surface area contributed by atoms with Crippen LogP contribution in [-0.4, -0.2) is 63.4 Å². The van der Waals surface area contributed by atoms with Gasteiger partial charge in [-0.3, -0.25) is 8.98 Å². The summed E-state index contributed by atoms with van der Waals surface area (Å²) in [6.45, 7) is 2.35. The van der Waals surface area contributed by atoms with Gasteiger partial charge in [-0.15, -0.1) is 0 Å². The molecule has 5 atom stereocenters. The summed E-state index contributed by atoms with van der Waals surface area (Å²) in [5, 5.41) is 0. The zero-order chi connectivity index (χ0) is 43.2. The van der Waals surface area contributed by atoms with Gasteiger partial charge in [-0.2, -0.15) is 8.42 Å². The van der Waals surface area contributed by atoms with Crippen molar-refractivity contribution in [2.45, 2.75) is 81.7 Å². The van der Waals surface area contributed by atoms with E-state index in [2.05, 4.69) is 0 Å². The molecule has 7 rings (SSSR count). The molecule has 0 radical (unpaired) electrons. The molecule has 11 heteroatoms. The van der Waals surface area contributed by atoms with Gasteiger partial charge in [0, 0.05) is 6.54 Å². The average Bonchev–Trinajstić information content (AvgIpc) is 3.61. The van der Waals surface area contributed by atoms with Crippen LogP contribution >= 0.6 is 0 Å². The van der Waals surface area contributed by atoms with E-state index in [-0.39, 0.29) is 50.2 Å². The van der Waals surface area contributed by atoms with Crippen molar-refractivity contribution >= 4 is 16.0 Å². The lowest BCUT2D eigenvalue weighted by Gasteiger charge is -2.41. The molecule has 0 unspecified atom stereocenters. The molecular formula is C51H53NO9S. The molecule has 6 aromatic carbocycles. The summed E-state index contributed by atoms with van der Waals surface area (Å²) in [7, 11) is -2.64. The third-order valence-corrected chi connectivity index (χ3v) is 12.2. The maximum absolute atomic E-state index is 14.4. The van der Waals surface area contributed by atoms with E-state index in [1.807, 2.05) is 153 Å². The zero-order valence-corrected chi connectivity index (χ0v) is 35.8. The van der Waals surface area contributed by atoms with Crippen molar-refractivity contribution in [2.24, 2.45) is 0 Å². The Balaban J connectivity index is 1.32. The fourth-order valence-electron chi connectivity index (χ4n) is 7.50. The van der Waals surface area contributed by atoms with Crippen LogP contribution in [0.3, 0.4) is 0 Å². The second kappa shape index (κ2) is 21.9. The van der Waals surface area contributed by atoms with Crippen LogP contribution in [0.15, 0.2) is 175 Å². The topological polar surface area (TPSA) is 110 Å². The van der Waals surface area contributed by atoms with E-state index in [1.54, 1.807) is 24.1 Å². The summed E-state index contributed by atoms with van der Waals surface area (Å²) in [6, 6.07) is 52.2. The molecule has 6 aromatic rings. The Bertz CT molecular complexity index is 2370. The number of likely N-dealkylation sites (tertiary alicyclic amines) is 1. The number of benzene rings is 6. The number of methoxy groups -OCH3 is 1. The van der Waals surface area contributed by atoms with E-state index in [9.17, 15) is 13.2 Å². The van der Waals surface area contributed by atoms with Gasteiger partial charge in [0.1, 0.15) is 24.1 Å². The van der Waals surface area contributed by atoms with Crippen LogP contribution in [0.4, 0.5) is 0 Å². The third kappa shape index (κ3) is 12.3. The summed E-state index contributed by atoms with van der Waals surface area (Å²) in [5.74, 6) is 0.568. The molecule has 1 aliphatic rings. The largest absolute Gasteiger partial charge is 0.497 e. The highest BCUT2D eigenvalue weighted by atomic mass is 32.2. The third-order valence-electron chi connectivity index (χ3n) is 10.9. The first kappa shape index (κ1) is 44.4. The second-order valence-electron chi connectivity index (χ2n) is 15.3. The van der Waals surface area contributed by atoms with Gasteiger partial charge < -0.3 is 28.6 Å². The van der Waals surface area contributed by atoms with Gasteiger partial charge in [-0.05, 0) is 59.0 Å². The van der Waals surface area contributed by atoms with Crippen LogP contribution in [0.25, 0.3) is 0 Å². The van der Waals surface area contributed by atoms with Crippen LogP contribution in [0.1, 0.15) is 39.8 Å². The summed E-state index contributed by atoms with van der Waals surface area (Å²) >= 11 is 0. The number of carbonyl (C=O) groups excluding carboxylic acids is 1. The Kier molecular flexibility index (Phi) is 15.7. The first-order valence-electron chi connectivity index (χ1n) is 20.8. The number of aryl methyl sites for hydroxylation is 1. The van der Waals surface area contributed by atoms with Crippen molar-refractivity contribution in [1.29, 1.82) is 0 Å². The molecule has 10 nitrogen and oxygen atoms in total. The predicted octanol–water partition coefficient (Wildman–Crippen LogP) is 8.85. The molecule has 1 amide bonds. The molecule has 1 saturated heterocycles. The van der Waals surface area contributed by atoms with Crippen LogP contribution in [0.2, 0.25) is 0 Å². The Labute approximate surface area is 365 Å². The number of carbonyl (C=O) groups is 1. The Morgan fingerprint density at radius 1 is 0.597 bits per heavy atom. The average molecular weight is 856 g/mol. The van der Waals surface area contributed by atoms with E-state index in [1.165, 1.54) is 12.1 Å². The van der Waals surface area contributed by atoms with Crippen LogP contribution in [-0.2, 0) is 71.0 Å². The summed E-state index contributed by atoms with van der Waals surface area (Å²) in [4.78, 5) is 16.2. The van der Waals surface area contributed by atoms with Crippen molar-refractivity contribution in [3.05, 3.63) is 203 Å². The monoisotopic (exact) mass is 855 g/mol. The Morgan fingerprint density at radius 2 is 1.10 bits per heavy atom. The number of rotatable bonds is 22. The number of nitrogens with zero attached hydrogens (tertiary/aromatic N) is 1. The minimum absolute atomic E-state index is 0.0185. The molecule has 1 heterocycles. The first-order chi connectivity index (χ1) is 30.3. The lowest BCUT2D eigenvalue weighted by Crippen LogP contribution is -2.57. The maximum atomic E-state index is 14.4. The van der Waals surface area contributed by atoms with Crippen LogP contribution < -0.4 is 4.74 Å². The molecule has 1 fully saturated rings. The standard InChI is InChI=1S/C51H53NO9S/c1-38-23-29-45(30-24-38)62(54,55)61-37-47(58-34-41-17-9-4-10-18-41)50(59-35-42-19-11-5-12-20-42)51(60-36-43-21-13-6-14-22-43)49-46(57-33-40-15-7-3-8-16-40)31-48(53)52(49)32-39-25-27-44(56-2)28-26-39/h3-30,46-47,49-51H,31-37H2,1-2H3/t46-,47+,49-,50-,51-/m1/s1. The first-order valence-corrected chi connectivity index (χ1v) is 22.2. The minimum atomic E-state index is -4.25. The van der Waals surface area contributed by atoms with Crippen molar-refractivity contribution in [2.75, 3.05) is 13.7 Å². The maximum Gasteiger partial charge on any atom is 0.297 e. The van der Waals surface area contributed by atoms with Gasteiger partial charge in [0.15, 0.2) is 0 Å². The molecule has 322 valence electrons. The second-order valence-corrected chi connectivity index (χ2v) is 16.9. The van der Waals surface area contributed by atoms with E-state index < -0.39 is 47.2 Å². The molecule has 1 aliphatic heterocycles. The smallest absolute Gasteiger partial charge is 0.297 e. The molecule has 62 heavy (non-hydrogen) atoms. The van der Waals surface area contributed by atoms with Gasteiger partial charge in [0.2, 0.25) is 5.91 Å². The fourth-order valence-corrected chi connectivity index (χ4v) is 8.42. The van der Waals surface area contributed by atoms with E-state index in [0.29, 0.717) is 5.75 Å². The highest BCUT2D eigenvalue weighted by Gasteiger charge is 2.50. The van der Waals surface area contributed by atoms with Gasteiger partial charge in [-0.25, -0.2) is 0 Å². The van der Waals surface area contributed by atoms with E-state index in [0.717, 1.165) is 33.4 Å². The molecule has 0 spiro atoms. The van der Waals surface area contributed by atoms with Crippen molar-refractivity contribution in [1.82, 2.24) is 4.90 Å². The molecule has 0 N–H and O–H groups in total. The molecule has 0 aromatic heterocycles. The fraction of sp³-hybridized carbons (Fsp3) is 0.275. The van der Waals surface area contributed by atoms with E-state index >= 15 is 0 Å². The number of ether oxygens (including phenoxy) is 5. The van der Waals surface area contributed by atoms with Gasteiger partial charge in [0.05, 0.1) is 63.6 Å². The van der Waals surface area contributed by atoms with Gasteiger partial charge >= 0.3 is 0 Å². The quantitative estimate of drug-likeness (QED) is 0.0619. The number of hydrogen-bond donors (Lipinski definition) is 0. The van der Waals surface area contributed by atoms with Gasteiger partial charge in [0.25, 0.3) is 10.1 Å². The summed E-state index contributed by atoms with van der Waals surface area (Å²) < 4.78 is 66.5. The summed E-state index contributed by atoms with van der Waals surface area (Å²) in [5.41, 5.74) is 5.38. The lowest BCUT2D eigenvalue weighted by atomic mass is 9.95. The Morgan fingerprint density at radius 3 is 1.63 bits per heavy atom. The van der Waals surface area contributed by atoms with E-state index in [4.69, 9.17) is 27.9 Å². The SMILES string of the molecule is COc1ccc(CN2C(=O)C[C@@H](OCc3ccccc3)[C@@H]2[C@@H](OCc2ccccc2)[C@H](OCc2ccccc2)[C@H](COS(=O)(=O)c2ccc(C)cc2)OCc2ccccc2)cc1.